The van der Waals surface area contributed by atoms with Crippen molar-refractivity contribution in [3.05, 3.63) is 74.5 Å². The van der Waals surface area contributed by atoms with Gasteiger partial charge in [0.05, 0.1) is 17.0 Å². The number of nitrogens with one attached hydrogen (secondary N) is 2. The Balaban J connectivity index is 1.48. The SMILES string of the molecule is CC(=O)Oc1cc2oc(=O)c(CC(=O)NCCc3c[nH]c4ccc(F)cc34)c(C)c2cc1Cl. The number of esters is 1. The Kier molecular flexibility index (Phi) is 6.20. The number of fused-ring (bicyclic) bond motifs is 2. The normalized spacial score (nSPS) is 11.2. The van der Waals surface area contributed by atoms with Crippen LogP contribution in [-0.2, 0) is 22.4 Å². The fraction of sp³-hybridized carbons (Fsp3) is 0.208. The van der Waals surface area contributed by atoms with Gasteiger partial charge in [-0.25, -0.2) is 9.18 Å². The Morgan fingerprint density at radius 1 is 1.21 bits per heavy atom. The van der Waals surface area contributed by atoms with Crippen molar-refractivity contribution in [2.75, 3.05) is 6.54 Å². The van der Waals surface area contributed by atoms with Gasteiger partial charge in [-0.2, -0.15) is 0 Å². The molecule has 2 aromatic heterocycles. The molecule has 170 valence electrons. The van der Waals surface area contributed by atoms with Crippen molar-refractivity contribution in [3.63, 3.8) is 0 Å². The predicted molar refractivity (Wildman–Crippen MR) is 122 cm³/mol. The van der Waals surface area contributed by atoms with Crippen molar-refractivity contribution in [2.45, 2.75) is 26.7 Å². The van der Waals surface area contributed by atoms with E-state index in [1.165, 1.54) is 31.2 Å². The van der Waals surface area contributed by atoms with Gasteiger partial charge in [0.2, 0.25) is 5.91 Å². The molecule has 0 fully saturated rings. The van der Waals surface area contributed by atoms with Crippen molar-refractivity contribution >= 4 is 45.3 Å². The molecule has 0 radical (unpaired) electrons. The van der Waals surface area contributed by atoms with E-state index < -0.39 is 11.6 Å². The molecule has 1 amide bonds. The Labute approximate surface area is 192 Å². The summed E-state index contributed by atoms with van der Waals surface area (Å²) in [6, 6.07) is 7.40. The number of carbonyl (C=O) groups excluding carboxylic acids is 2. The third-order valence-corrected chi connectivity index (χ3v) is 5.67. The van der Waals surface area contributed by atoms with E-state index in [0.717, 1.165) is 16.5 Å². The number of aromatic amines is 1. The van der Waals surface area contributed by atoms with Crippen LogP contribution in [0.1, 0.15) is 23.6 Å². The van der Waals surface area contributed by atoms with Crippen LogP contribution in [0.4, 0.5) is 4.39 Å². The van der Waals surface area contributed by atoms with Crippen LogP contribution in [-0.4, -0.2) is 23.4 Å². The lowest BCUT2D eigenvalue weighted by atomic mass is 10.0. The molecule has 0 aliphatic heterocycles. The van der Waals surface area contributed by atoms with Gasteiger partial charge in [-0.05, 0) is 48.7 Å². The number of H-pyrrole nitrogens is 1. The van der Waals surface area contributed by atoms with Gasteiger partial charge in [0.1, 0.15) is 11.4 Å². The lowest BCUT2D eigenvalue weighted by Gasteiger charge is -2.11. The maximum absolute atomic E-state index is 13.5. The molecular formula is C24H20ClFN2O5. The molecule has 33 heavy (non-hydrogen) atoms. The summed E-state index contributed by atoms with van der Waals surface area (Å²) in [4.78, 5) is 39.3. The lowest BCUT2D eigenvalue weighted by Crippen LogP contribution is -2.29. The minimum absolute atomic E-state index is 0.0851. The second-order valence-electron chi connectivity index (χ2n) is 7.65. The lowest BCUT2D eigenvalue weighted by molar-refractivity contribution is -0.131. The van der Waals surface area contributed by atoms with Gasteiger partial charge < -0.3 is 19.5 Å². The molecular weight excluding hydrogens is 451 g/mol. The first-order chi connectivity index (χ1) is 15.7. The van der Waals surface area contributed by atoms with E-state index in [4.69, 9.17) is 20.8 Å². The van der Waals surface area contributed by atoms with E-state index in [9.17, 15) is 18.8 Å². The second kappa shape index (κ2) is 9.07. The number of benzene rings is 2. The maximum Gasteiger partial charge on any atom is 0.340 e. The summed E-state index contributed by atoms with van der Waals surface area (Å²) in [5.41, 5.74) is 2.01. The number of aromatic nitrogens is 1. The number of rotatable bonds is 6. The van der Waals surface area contributed by atoms with Crippen molar-refractivity contribution in [1.82, 2.24) is 10.3 Å². The fourth-order valence-corrected chi connectivity index (χ4v) is 3.95. The van der Waals surface area contributed by atoms with Crippen LogP contribution in [0.5, 0.6) is 5.75 Å². The maximum atomic E-state index is 13.5. The zero-order chi connectivity index (χ0) is 23.7. The van der Waals surface area contributed by atoms with E-state index in [1.54, 1.807) is 19.2 Å². The highest BCUT2D eigenvalue weighted by atomic mass is 35.5. The van der Waals surface area contributed by atoms with Gasteiger partial charge in [-0.1, -0.05) is 11.6 Å². The van der Waals surface area contributed by atoms with Crippen LogP contribution in [0.15, 0.2) is 45.7 Å². The molecule has 0 aliphatic rings. The quantitative estimate of drug-likeness (QED) is 0.250. The van der Waals surface area contributed by atoms with Crippen molar-refractivity contribution in [2.24, 2.45) is 0 Å². The Hall–Kier alpha value is -3.65. The van der Waals surface area contributed by atoms with E-state index in [-0.39, 0.29) is 40.1 Å². The van der Waals surface area contributed by atoms with Crippen LogP contribution in [0.2, 0.25) is 5.02 Å². The number of amides is 1. The Bertz CT molecular complexity index is 1460. The molecule has 2 heterocycles. The highest BCUT2D eigenvalue weighted by molar-refractivity contribution is 6.33. The zero-order valence-corrected chi connectivity index (χ0v) is 18.6. The molecule has 4 rings (SSSR count). The first-order valence-electron chi connectivity index (χ1n) is 10.2. The molecule has 0 aliphatic carbocycles. The van der Waals surface area contributed by atoms with Crippen LogP contribution < -0.4 is 15.7 Å². The topological polar surface area (TPSA) is 101 Å². The number of aryl methyl sites for hydroxylation is 1. The largest absolute Gasteiger partial charge is 0.425 e. The van der Waals surface area contributed by atoms with Crippen molar-refractivity contribution in [3.8, 4) is 5.75 Å². The second-order valence-corrected chi connectivity index (χ2v) is 8.05. The minimum atomic E-state index is -0.654. The minimum Gasteiger partial charge on any atom is -0.425 e. The summed E-state index contributed by atoms with van der Waals surface area (Å²) < 4.78 is 23.9. The van der Waals surface area contributed by atoms with E-state index in [1.807, 2.05) is 0 Å². The molecule has 0 spiro atoms. The van der Waals surface area contributed by atoms with Crippen molar-refractivity contribution in [1.29, 1.82) is 0 Å². The van der Waals surface area contributed by atoms with Gasteiger partial charge in [0, 0.05) is 42.0 Å². The Morgan fingerprint density at radius 2 is 2.00 bits per heavy atom. The van der Waals surface area contributed by atoms with Crippen LogP contribution in [0.3, 0.4) is 0 Å². The first kappa shape index (κ1) is 22.5. The average Bonchev–Trinajstić information content (AvgIpc) is 3.14. The summed E-state index contributed by atoms with van der Waals surface area (Å²) in [7, 11) is 0. The molecule has 0 saturated heterocycles. The van der Waals surface area contributed by atoms with E-state index in [2.05, 4.69) is 10.3 Å². The number of halogens is 2. The molecule has 0 saturated carbocycles. The number of carbonyl (C=O) groups is 2. The third-order valence-electron chi connectivity index (χ3n) is 5.38. The Morgan fingerprint density at radius 3 is 2.76 bits per heavy atom. The smallest absolute Gasteiger partial charge is 0.340 e. The molecule has 2 aromatic carbocycles. The van der Waals surface area contributed by atoms with Crippen molar-refractivity contribution < 1.29 is 23.1 Å². The van der Waals surface area contributed by atoms with Gasteiger partial charge in [-0.3, -0.25) is 9.59 Å². The number of hydrogen-bond donors (Lipinski definition) is 2. The number of ether oxygens (including phenoxy) is 1. The van der Waals surface area contributed by atoms with Gasteiger partial charge >= 0.3 is 11.6 Å². The molecule has 0 atom stereocenters. The van der Waals surface area contributed by atoms with Crippen LogP contribution in [0, 0.1) is 12.7 Å². The summed E-state index contributed by atoms with van der Waals surface area (Å²) >= 11 is 6.18. The first-order valence-corrected chi connectivity index (χ1v) is 10.6. The molecule has 9 heteroatoms. The fourth-order valence-electron chi connectivity index (χ4n) is 3.74. The highest BCUT2D eigenvalue weighted by Crippen LogP contribution is 2.32. The molecule has 0 unspecified atom stereocenters. The molecule has 7 nitrogen and oxygen atoms in total. The molecule has 4 aromatic rings. The summed E-state index contributed by atoms with van der Waals surface area (Å²) in [6.07, 6.45) is 2.11. The van der Waals surface area contributed by atoms with Gasteiger partial charge in [-0.15, -0.1) is 0 Å². The summed E-state index contributed by atoms with van der Waals surface area (Å²) in [5, 5.41) is 4.27. The zero-order valence-electron chi connectivity index (χ0n) is 17.9. The predicted octanol–water partition coefficient (Wildman–Crippen LogP) is 4.20. The summed E-state index contributed by atoms with van der Waals surface area (Å²) in [5.74, 6) is -1.15. The molecule has 2 N–H and O–H groups in total. The van der Waals surface area contributed by atoms with Crippen LogP contribution in [0.25, 0.3) is 21.9 Å². The molecule has 0 bridgehead atoms. The monoisotopic (exact) mass is 470 g/mol. The number of hydrogen-bond acceptors (Lipinski definition) is 5. The van der Waals surface area contributed by atoms with E-state index >= 15 is 0 Å². The average molecular weight is 471 g/mol. The summed E-state index contributed by atoms with van der Waals surface area (Å²) in [6.45, 7) is 3.25. The van der Waals surface area contributed by atoms with Crippen LogP contribution >= 0.6 is 11.6 Å². The van der Waals surface area contributed by atoms with E-state index in [0.29, 0.717) is 23.9 Å². The highest BCUT2D eigenvalue weighted by Gasteiger charge is 2.17. The van der Waals surface area contributed by atoms with Gasteiger partial charge in [0.25, 0.3) is 0 Å². The third kappa shape index (κ3) is 4.75. The van der Waals surface area contributed by atoms with Gasteiger partial charge in [0.15, 0.2) is 5.75 Å². The standard InChI is InChI=1S/C24H20ClFN2O5/c1-12-16-8-19(25)22(32-13(2)29)10-21(16)33-24(31)17(12)9-23(30)27-6-5-14-11-28-20-4-3-15(26)7-18(14)20/h3-4,7-8,10-11,28H,5-6,9H2,1-2H3,(H,27,30).